The van der Waals surface area contributed by atoms with E-state index in [1.807, 2.05) is 12.1 Å². The van der Waals surface area contributed by atoms with Crippen molar-refractivity contribution in [2.24, 2.45) is 11.7 Å². The van der Waals surface area contributed by atoms with Crippen LogP contribution in [0.2, 0.25) is 0 Å². The smallest absolute Gasteiger partial charge is 0.237 e. The monoisotopic (exact) mass is 277 g/mol. The average molecular weight is 277 g/mol. The minimum absolute atomic E-state index is 0.0556. The van der Waals surface area contributed by atoms with Gasteiger partial charge in [-0.3, -0.25) is 9.59 Å². The van der Waals surface area contributed by atoms with Crippen LogP contribution >= 0.6 is 0 Å². The Morgan fingerprint density at radius 3 is 2.55 bits per heavy atom. The number of nitrogens with two attached hydrogens (primary N) is 2. The van der Waals surface area contributed by atoms with E-state index < -0.39 is 5.91 Å². The van der Waals surface area contributed by atoms with E-state index in [2.05, 4.69) is 13.8 Å². The molecule has 20 heavy (non-hydrogen) atoms. The number of carbonyl (C=O) groups excluding carboxylic acids is 2. The Morgan fingerprint density at radius 2 is 2.00 bits per heavy atom. The van der Waals surface area contributed by atoms with Gasteiger partial charge < -0.3 is 16.4 Å². The Hall–Kier alpha value is -2.04. The summed E-state index contributed by atoms with van der Waals surface area (Å²) in [5.41, 5.74) is 12.5. The molecule has 0 unspecified atom stereocenters. The summed E-state index contributed by atoms with van der Waals surface area (Å²) in [5.74, 6) is -0.117. The molecule has 0 heterocycles. The summed E-state index contributed by atoms with van der Waals surface area (Å²) in [7, 11) is 0. The number of primary amides is 1. The van der Waals surface area contributed by atoms with Crippen LogP contribution in [0.4, 0.5) is 5.69 Å². The molecule has 0 spiro atoms. The molecule has 0 saturated heterocycles. The lowest BCUT2D eigenvalue weighted by atomic mass is 10.1. The summed E-state index contributed by atoms with van der Waals surface area (Å²) in [5, 5.41) is 0. The first-order valence-electron chi connectivity index (χ1n) is 6.79. The van der Waals surface area contributed by atoms with E-state index in [-0.39, 0.29) is 12.5 Å². The Morgan fingerprint density at radius 1 is 1.30 bits per heavy atom. The number of nitrogens with zero attached hydrogens (tertiary/aromatic N) is 1. The first-order valence-corrected chi connectivity index (χ1v) is 6.79. The van der Waals surface area contributed by atoms with Gasteiger partial charge >= 0.3 is 0 Å². The van der Waals surface area contributed by atoms with Crippen molar-refractivity contribution >= 4 is 17.5 Å². The van der Waals surface area contributed by atoms with E-state index in [0.29, 0.717) is 24.6 Å². The second kappa shape index (κ2) is 7.53. The minimum Gasteiger partial charge on any atom is -0.399 e. The van der Waals surface area contributed by atoms with Crippen molar-refractivity contribution in [1.29, 1.82) is 0 Å². The van der Waals surface area contributed by atoms with Gasteiger partial charge in [0, 0.05) is 18.7 Å². The first-order chi connectivity index (χ1) is 9.38. The molecule has 1 aromatic carbocycles. The van der Waals surface area contributed by atoms with Crippen molar-refractivity contribution in [1.82, 2.24) is 4.90 Å². The third kappa shape index (κ3) is 5.73. The molecule has 0 saturated carbocycles. The molecule has 0 aromatic heterocycles. The van der Waals surface area contributed by atoms with E-state index in [4.69, 9.17) is 11.5 Å². The maximum absolute atomic E-state index is 12.2. The van der Waals surface area contributed by atoms with Gasteiger partial charge in [0.15, 0.2) is 0 Å². The predicted molar refractivity (Wildman–Crippen MR) is 79.5 cm³/mol. The molecule has 5 heteroatoms. The lowest BCUT2D eigenvalue weighted by Crippen LogP contribution is -2.38. The SMILES string of the molecule is CC(C)CCC(=O)N(CC(N)=O)Cc1cccc(N)c1. The zero-order valence-corrected chi connectivity index (χ0v) is 12.1. The molecule has 110 valence electrons. The van der Waals surface area contributed by atoms with Gasteiger partial charge in [-0.15, -0.1) is 0 Å². The number of hydrogen-bond acceptors (Lipinski definition) is 3. The molecule has 0 bridgehead atoms. The molecule has 1 rings (SSSR count). The normalized spacial score (nSPS) is 10.6. The highest BCUT2D eigenvalue weighted by Gasteiger charge is 2.16. The van der Waals surface area contributed by atoms with Crippen LogP contribution in [0.1, 0.15) is 32.3 Å². The minimum atomic E-state index is -0.508. The summed E-state index contributed by atoms with van der Waals surface area (Å²) in [6.07, 6.45) is 1.22. The maximum atomic E-state index is 12.2. The molecule has 0 atom stereocenters. The van der Waals surface area contributed by atoms with Crippen LogP contribution in [0, 0.1) is 5.92 Å². The zero-order valence-electron chi connectivity index (χ0n) is 12.1. The lowest BCUT2D eigenvalue weighted by Gasteiger charge is -2.22. The Kier molecular flexibility index (Phi) is 6.03. The molecule has 1 aromatic rings. The van der Waals surface area contributed by atoms with E-state index in [1.54, 1.807) is 12.1 Å². The van der Waals surface area contributed by atoms with Crippen molar-refractivity contribution in [3.8, 4) is 0 Å². The fraction of sp³-hybridized carbons (Fsp3) is 0.467. The topological polar surface area (TPSA) is 89.4 Å². The molecule has 0 fully saturated rings. The van der Waals surface area contributed by atoms with Gasteiger partial charge in [0.2, 0.25) is 11.8 Å². The van der Waals surface area contributed by atoms with E-state index in [9.17, 15) is 9.59 Å². The van der Waals surface area contributed by atoms with Gasteiger partial charge in [-0.25, -0.2) is 0 Å². The van der Waals surface area contributed by atoms with Crippen molar-refractivity contribution < 1.29 is 9.59 Å². The van der Waals surface area contributed by atoms with Crippen molar-refractivity contribution in [2.45, 2.75) is 33.2 Å². The number of anilines is 1. The predicted octanol–water partition coefficient (Wildman–Crippen LogP) is 1.52. The van der Waals surface area contributed by atoms with Crippen LogP contribution in [0.3, 0.4) is 0 Å². The summed E-state index contributed by atoms with van der Waals surface area (Å²) < 4.78 is 0. The van der Waals surface area contributed by atoms with E-state index in [1.165, 1.54) is 4.90 Å². The first kappa shape index (κ1) is 16.0. The fourth-order valence-electron chi connectivity index (χ4n) is 1.90. The second-order valence-corrected chi connectivity index (χ2v) is 5.39. The highest BCUT2D eigenvalue weighted by Crippen LogP contribution is 2.12. The molecule has 0 aliphatic heterocycles. The number of benzene rings is 1. The van der Waals surface area contributed by atoms with Crippen LogP contribution in [0.15, 0.2) is 24.3 Å². The third-order valence-corrected chi connectivity index (χ3v) is 2.96. The Bertz CT molecular complexity index is 472. The summed E-state index contributed by atoms with van der Waals surface area (Å²) >= 11 is 0. The van der Waals surface area contributed by atoms with Crippen LogP contribution in [-0.2, 0) is 16.1 Å². The molecule has 5 nitrogen and oxygen atoms in total. The van der Waals surface area contributed by atoms with Gasteiger partial charge in [0.25, 0.3) is 0 Å². The Balaban J connectivity index is 2.73. The van der Waals surface area contributed by atoms with Crippen molar-refractivity contribution in [3.63, 3.8) is 0 Å². The molecule has 0 aliphatic carbocycles. The van der Waals surface area contributed by atoms with Gasteiger partial charge in [-0.05, 0) is 30.0 Å². The number of carbonyl (C=O) groups is 2. The van der Waals surface area contributed by atoms with Gasteiger partial charge in [0.05, 0.1) is 6.54 Å². The number of hydrogen-bond donors (Lipinski definition) is 2. The van der Waals surface area contributed by atoms with Crippen LogP contribution in [0.5, 0.6) is 0 Å². The standard InChI is InChI=1S/C15H23N3O2/c1-11(2)6-7-15(20)18(10-14(17)19)9-12-4-3-5-13(16)8-12/h3-5,8,11H,6-7,9-10,16H2,1-2H3,(H2,17,19). The lowest BCUT2D eigenvalue weighted by molar-refractivity contribution is -0.136. The highest BCUT2D eigenvalue weighted by atomic mass is 16.2. The van der Waals surface area contributed by atoms with Gasteiger partial charge in [-0.1, -0.05) is 26.0 Å². The number of amides is 2. The summed E-state index contributed by atoms with van der Waals surface area (Å²) in [4.78, 5) is 24.8. The molecule has 0 aliphatic rings. The largest absolute Gasteiger partial charge is 0.399 e. The van der Waals surface area contributed by atoms with Gasteiger partial charge in [0.1, 0.15) is 0 Å². The van der Waals surface area contributed by atoms with E-state index >= 15 is 0 Å². The average Bonchev–Trinajstić information content (AvgIpc) is 2.34. The van der Waals surface area contributed by atoms with Crippen molar-refractivity contribution in [3.05, 3.63) is 29.8 Å². The second-order valence-electron chi connectivity index (χ2n) is 5.39. The molecular formula is C15H23N3O2. The van der Waals surface area contributed by atoms with Crippen LogP contribution < -0.4 is 11.5 Å². The molecule has 2 amide bonds. The van der Waals surface area contributed by atoms with Crippen LogP contribution in [0.25, 0.3) is 0 Å². The molecule has 0 radical (unpaired) electrons. The molecular weight excluding hydrogens is 254 g/mol. The number of nitrogen functional groups attached to an aromatic ring is 1. The molecule has 4 N–H and O–H groups in total. The highest BCUT2D eigenvalue weighted by molar-refractivity contribution is 5.83. The van der Waals surface area contributed by atoms with Crippen molar-refractivity contribution in [2.75, 3.05) is 12.3 Å². The fourth-order valence-corrected chi connectivity index (χ4v) is 1.90. The third-order valence-electron chi connectivity index (χ3n) is 2.96. The zero-order chi connectivity index (χ0) is 15.1. The maximum Gasteiger partial charge on any atom is 0.237 e. The summed E-state index contributed by atoms with van der Waals surface area (Å²) in [6.45, 7) is 4.41. The van der Waals surface area contributed by atoms with E-state index in [0.717, 1.165) is 12.0 Å². The Labute approximate surface area is 119 Å². The number of rotatable bonds is 7. The van der Waals surface area contributed by atoms with Gasteiger partial charge in [-0.2, -0.15) is 0 Å². The van der Waals surface area contributed by atoms with Crippen LogP contribution in [-0.4, -0.2) is 23.3 Å². The quantitative estimate of drug-likeness (QED) is 0.740. The summed E-state index contributed by atoms with van der Waals surface area (Å²) in [6, 6.07) is 7.28.